The zero-order valence-electron chi connectivity index (χ0n) is 12.3. The minimum absolute atomic E-state index is 0.123. The molecular weight excluding hydrogens is 296 g/mol. The molecule has 0 fully saturated rings. The van der Waals surface area contributed by atoms with E-state index in [2.05, 4.69) is 31.0 Å². The molecule has 2 amide bonds. The van der Waals surface area contributed by atoms with Crippen molar-refractivity contribution in [2.75, 3.05) is 12.4 Å². The smallest absolute Gasteiger partial charge is 0.269 e. The van der Waals surface area contributed by atoms with E-state index < -0.39 is 0 Å². The Balaban J connectivity index is 1.87. The topological polar surface area (TPSA) is 116 Å². The van der Waals surface area contributed by atoms with Crippen LogP contribution in [0.25, 0.3) is 10.9 Å². The summed E-state index contributed by atoms with van der Waals surface area (Å²) in [6.45, 7) is 0. The van der Waals surface area contributed by atoms with E-state index in [1.54, 1.807) is 13.2 Å². The van der Waals surface area contributed by atoms with Gasteiger partial charge in [0.2, 0.25) is 5.91 Å². The van der Waals surface area contributed by atoms with Crippen LogP contribution in [-0.4, -0.2) is 39.3 Å². The van der Waals surface area contributed by atoms with Crippen molar-refractivity contribution in [3.05, 3.63) is 41.2 Å². The molecule has 0 radical (unpaired) electrons. The number of amides is 2. The van der Waals surface area contributed by atoms with Gasteiger partial charge in [-0.05, 0) is 11.6 Å². The lowest BCUT2D eigenvalue weighted by atomic mass is 9.85. The molecule has 0 spiro atoms. The van der Waals surface area contributed by atoms with Gasteiger partial charge in [0.25, 0.3) is 5.91 Å². The molecule has 4 N–H and O–H groups in total. The summed E-state index contributed by atoms with van der Waals surface area (Å²) in [6.07, 6.45) is 2.00. The van der Waals surface area contributed by atoms with Crippen molar-refractivity contribution in [2.45, 2.75) is 12.3 Å². The fourth-order valence-corrected chi connectivity index (χ4v) is 3.01. The van der Waals surface area contributed by atoms with Crippen molar-refractivity contribution < 1.29 is 9.59 Å². The maximum Gasteiger partial charge on any atom is 0.269 e. The van der Waals surface area contributed by atoms with Gasteiger partial charge < -0.3 is 10.6 Å². The zero-order chi connectivity index (χ0) is 16.0. The molecule has 0 saturated carbocycles. The Bertz CT molecular complexity index is 925. The molecule has 1 unspecified atom stereocenters. The molecule has 0 bridgehead atoms. The first kappa shape index (κ1) is 13.5. The molecule has 2 aromatic heterocycles. The lowest BCUT2D eigenvalue weighted by Crippen LogP contribution is -2.26. The van der Waals surface area contributed by atoms with Crippen molar-refractivity contribution in [1.29, 1.82) is 0 Å². The van der Waals surface area contributed by atoms with Crippen LogP contribution in [0.15, 0.2) is 24.4 Å². The largest absolute Gasteiger partial charge is 0.354 e. The standard InChI is InChI=1S/C15H14N6O2/c1-16-15(23)13-12-9(5-11(22)18-14(12)21-20-13)7-2-3-8-6-17-19-10(8)4-7/h2-4,6,9H,5H2,1H3,(H,16,23)(H,17,19)(H2,18,20,21,22). The second-order valence-electron chi connectivity index (χ2n) is 5.46. The van der Waals surface area contributed by atoms with Crippen LogP contribution < -0.4 is 10.6 Å². The summed E-state index contributed by atoms with van der Waals surface area (Å²) in [5.74, 6) is -0.211. The van der Waals surface area contributed by atoms with Gasteiger partial charge in [-0.1, -0.05) is 12.1 Å². The van der Waals surface area contributed by atoms with E-state index in [1.807, 2.05) is 18.2 Å². The SMILES string of the molecule is CNC(=O)c1[nH]nc2c1C(c1ccc3cn[nH]c3c1)CC(=O)N2. The third-order valence-electron chi connectivity index (χ3n) is 4.12. The van der Waals surface area contributed by atoms with Crippen molar-refractivity contribution in [2.24, 2.45) is 0 Å². The van der Waals surface area contributed by atoms with Gasteiger partial charge in [-0.3, -0.25) is 19.8 Å². The van der Waals surface area contributed by atoms with Crippen molar-refractivity contribution in [3.63, 3.8) is 0 Å². The maximum absolute atomic E-state index is 12.1. The van der Waals surface area contributed by atoms with Crippen molar-refractivity contribution >= 4 is 28.5 Å². The van der Waals surface area contributed by atoms with Crippen LogP contribution in [0.2, 0.25) is 0 Å². The van der Waals surface area contributed by atoms with E-state index in [-0.39, 0.29) is 24.2 Å². The lowest BCUT2D eigenvalue weighted by molar-refractivity contribution is -0.116. The zero-order valence-corrected chi connectivity index (χ0v) is 12.3. The van der Waals surface area contributed by atoms with Crippen LogP contribution in [0.5, 0.6) is 0 Å². The van der Waals surface area contributed by atoms with Gasteiger partial charge in [0.15, 0.2) is 5.82 Å². The number of hydrogen-bond acceptors (Lipinski definition) is 4. The van der Waals surface area contributed by atoms with Gasteiger partial charge >= 0.3 is 0 Å². The number of aromatic amines is 2. The molecule has 8 nitrogen and oxygen atoms in total. The number of nitrogens with one attached hydrogen (secondary N) is 4. The second kappa shape index (κ2) is 4.94. The van der Waals surface area contributed by atoms with Crippen LogP contribution in [-0.2, 0) is 4.79 Å². The third-order valence-corrected chi connectivity index (χ3v) is 4.12. The molecule has 23 heavy (non-hydrogen) atoms. The maximum atomic E-state index is 12.1. The minimum Gasteiger partial charge on any atom is -0.354 e. The molecule has 4 rings (SSSR count). The monoisotopic (exact) mass is 310 g/mol. The molecule has 8 heteroatoms. The summed E-state index contributed by atoms with van der Waals surface area (Å²) >= 11 is 0. The highest BCUT2D eigenvalue weighted by molar-refractivity contribution is 6.00. The summed E-state index contributed by atoms with van der Waals surface area (Å²) < 4.78 is 0. The Morgan fingerprint density at radius 2 is 2.22 bits per heavy atom. The first-order valence-electron chi connectivity index (χ1n) is 7.20. The number of hydrogen-bond donors (Lipinski definition) is 4. The molecule has 3 aromatic rings. The normalized spacial score (nSPS) is 16.9. The molecular formula is C15H14N6O2. The van der Waals surface area contributed by atoms with Gasteiger partial charge in [0.1, 0.15) is 5.69 Å². The van der Waals surface area contributed by atoms with E-state index in [4.69, 9.17) is 0 Å². The predicted octanol–water partition coefficient (Wildman–Crippen LogP) is 1.12. The molecule has 1 aliphatic rings. The minimum atomic E-state index is -0.262. The Morgan fingerprint density at radius 3 is 3.04 bits per heavy atom. The van der Waals surface area contributed by atoms with Crippen LogP contribution >= 0.6 is 0 Å². The number of benzene rings is 1. The summed E-state index contributed by atoms with van der Waals surface area (Å²) in [5.41, 5.74) is 2.91. The molecule has 1 aromatic carbocycles. The molecule has 116 valence electrons. The van der Waals surface area contributed by atoms with E-state index in [0.29, 0.717) is 17.1 Å². The average Bonchev–Trinajstić information content (AvgIpc) is 3.18. The van der Waals surface area contributed by atoms with E-state index in [1.165, 1.54) is 0 Å². The van der Waals surface area contributed by atoms with Crippen LogP contribution in [0.3, 0.4) is 0 Å². The number of rotatable bonds is 2. The highest BCUT2D eigenvalue weighted by atomic mass is 16.2. The van der Waals surface area contributed by atoms with Gasteiger partial charge in [-0.2, -0.15) is 10.2 Å². The van der Waals surface area contributed by atoms with E-state index in [9.17, 15) is 9.59 Å². The van der Waals surface area contributed by atoms with Crippen LogP contribution in [0, 0.1) is 0 Å². The molecule has 3 heterocycles. The van der Waals surface area contributed by atoms with Gasteiger partial charge in [0, 0.05) is 30.3 Å². The fraction of sp³-hybridized carbons (Fsp3) is 0.200. The lowest BCUT2D eigenvalue weighted by Gasteiger charge is -2.23. The quantitative estimate of drug-likeness (QED) is 0.567. The molecule has 1 atom stereocenters. The van der Waals surface area contributed by atoms with Crippen molar-refractivity contribution in [1.82, 2.24) is 25.7 Å². The Kier molecular flexibility index (Phi) is 2.90. The van der Waals surface area contributed by atoms with Crippen LogP contribution in [0.1, 0.15) is 34.0 Å². The van der Waals surface area contributed by atoms with Gasteiger partial charge in [-0.25, -0.2) is 0 Å². The summed E-state index contributed by atoms with van der Waals surface area (Å²) in [4.78, 5) is 24.1. The highest BCUT2D eigenvalue weighted by Gasteiger charge is 2.33. The summed E-state index contributed by atoms with van der Waals surface area (Å²) in [6, 6.07) is 5.85. The summed E-state index contributed by atoms with van der Waals surface area (Å²) in [7, 11) is 1.56. The average molecular weight is 310 g/mol. The number of carbonyl (C=O) groups is 2. The molecule has 0 aliphatic carbocycles. The van der Waals surface area contributed by atoms with Crippen LogP contribution in [0.4, 0.5) is 5.82 Å². The Hall–Kier alpha value is -3.16. The Labute approximate surface area is 130 Å². The highest BCUT2D eigenvalue weighted by Crippen LogP contribution is 2.38. The number of nitrogens with zero attached hydrogens (tertiary/aromatic N) is 2. The number of carbonyl (C=O) groups excluding carboxylic acids is 2. The van der Waals surface area contributed by atoms with E-state index in [0.717, 1.165) is 16.5 Å². The van der Waals surface area contributed by atoms with Gasteiger partial charge in [0.05, 0.1) is 11.7 Å². The number of fused-ring (bicyclic) bond motifs is 2. The second-order valence-corrected chi connectivity index (χ2v) is 5.46. The fourth-order valence-electron chi connectivity index (χ4n) is 3.01. The van der Waals surface area contributed by atoms with E-state index >= 15 is 0 Å². The Morgan fingerprint density at radius 1 is 1.35 bits per heavy atom. The summed E-state index contributed by atoms with van der Waals surface area (Å²) in [5, 5.41) is 20.0. The number of aromatic nitrogens is 4. The number of anilines is 1. The third kappa shape index (κ3) is 2.07. The van der Waals surface area contributed by atoms with Gasteiger partial charge in [-0.15, -0.1) is 0 Å². The number of H-pyrrole nitrogens is 2. The molecule has 0 saturated heterocycles. The molecule has 1 aliphatic heterocycles. The first-order chi connectivity index (χ1) is 11.2. The van der Waals surface area contributed by atoms with Crippen molar-refractivity contribution in [3.8, 4) is 0 Å². The first-order valence-corrected chi connectivity index (χ1v) is 7.20. The predicted molar refractivity (Wildman–Crippen MR) is 83.2 cm³/mol.